The third kappa shape index (κ3) is 3.46. The van der Waals surface area contributed by atoms with Crippen molar-refractivity contribution in [2.75, 3.05) is 6.54 Å². The Labute approximate surface area is 147 Å². The van der Waals surface area contributed by atoms with Gasteiger partial charge in [0, 0.05) is 18.7 Å². The van der Waals surface area contributed by atoms with E-state index in [0.717, 1.165) is 43.5 Å². The molecule has 0 spiro atoms. The molecule has 0 radical (unpaired) electrons. The van der Waals surface area contributed by atoms with E-state index in [1.165, 1.54) is 18.6 Å². The molecule has 25 heavy (non-hydrogen) atoms. The summed E-state index contributed by atoms with van der Waals surface area (Å²) in [6.07, 6.45) is 8.07. The van der Waals surface area contributed by atoms with Crippen molar-refractivity contribution >= 4 is 5.91 Å². The first-order chi connectivity index (χ1) is 12.1. The van der Waals surface area contributed by atoms with Crippen molar-refractivity contribution in [2.24, 2.45) is 5.92 Å². The highest BCUT2D eigenvalue weighted by molar-refractivity contribution is 5.83. The smallest absolute Gasteiger partial charge is 0.226 e. The topological polar surface area (TPSA) is 38.1 Å². The molecule has 2 fully saturated rings. The average molecular weight is 341 g/mol. The maximum absolute atomic E-state index is 13.1. The molecule has 0 unspecified atom stereocenters. The van der Waals surface area contributed by atoms with E-state index in [2.05, 4.69) is 10.00 Å². The summed E-state index contributed by atoms with van der Waals surface area (Å²) in [5.41, 5.74) is 2.23. The molecule has 1 aliphatic carbocycles. The zero-order chi connectivity index (χ0) is 17.4. The number of likely N-dealkylation sites (tertiary alicyclic amines) is 1. The van der Waals surface area contributed by atoms with Gasteiger partial charge in [-0.3, -0.25) is 9.48 Å². The number of aryl methyl sites for hydroxylation is 1. The van der Waals surface area contributed by atoms with Gasteiger partial charge in [0.2, 0.25) is 5.91 Å². The van der Waals surface area contributed by atoms with Gasteiger partial charge in [0.05, 0.1) is 18.8 Å². The SMILES string of the molecule is Cc1cnn(C[C@@H]2CCCCN2C(=O)[C@H]2C[C@H]2c2ccc(F)cc2)c1. The van der Waals surface area contributed by atoms with Gasteiger partial charge in [-0.05, 0) is 61.8 Å². The fourth-order valence-corrected chi connectivity index (χ4v) is 4.02. The Morgan fingerprint density at radius 3 is 2.80 bits per heavy atom. The van der Waals surface area contributed by atoms with Crippen LogP contribution in [0.25, 0.3) is 0 Å². The maximum Gasteiger partial charge on any atom is 0.226 e. The van der Waals surface area contributed by atoms with Crippen LogP contribution in [0, 0.1) is 18.7 Å². The zero-order valence-corrected chi connectivity index (χ0v) is 14.6. The van der Waals surface area contributed by atoms with Gasteiger partial charge < -0.3 is 4.90 Å². The zero-order valence-electron chi connectivity index (χ0n) is 14.6. The first kappa shape index (κ1) is 16.3. The Balaban J connectivity index is 1.43. The van der Waals surface area contributed by atoms with Crippen molar-refractivity contribution in [1.82, 2.24) is 14.7 Å². The van der Waals surface area contributed by atoms with Crippen LogP contribution in [-0.4, -0.2) is 33.2 Å². The number of amides is 1. The van der Waals surface area contributed by atoms with Crippen molar-refractivity contribution in [2.45, 2.75) is 51.1 Å². The number of hydrogen-bond acceptors (Lipinski definition) is 2. The molecule has 1 aliphatic heterocycles. The van der Waals surface area contributed by atoms with Gasteiger partial charge in [-0.15, -0.1) is 0 Å². The van der Waals surface area contributed by atoms with Gasteiger partial charge >= 0.3 is 0 Å². The summed E-state index contributed by atoms with van der Waals surface area (Å²) in [4.78, 5) is 15.1. The highest BCUT2D eigenvalue weighted by Crippen LogP contribution is 2.49. The minimum absolute atomic E-state index is 0.0606. The Hall–Kier alpha value is -2.17. The lowest BCUT2D eigenvalue weighted by Crippen LogP contribution is -2.46. The first-order valence-electron chi connectivity index (χ1n) is 9.17. The molecule has 1 saturated heterocycles. The number of rotatable bonds is 4. The Morgan fingerprint density at radius 2 is 2.08 bits per heavy atom. The van der Waals surface area contributed by atoms with Crippen LogP contribution < -0.4 is 0 Å². The summed E-state index contributed by atoms with van der Waals surface area (Å²) in [6.45, 7) is 3.65. The molecule has 1 saturated carbocycles. The second-order valence-electron chi connectivity index (χ2n) is 7.42. The lowest BCUT2D eigenvalue weighted by molar-refractivity contribution is -0.136. The van der Waals surface area contributed by atoms with E-state index < -0.39 is 0 Å². The molecule has 1 amide bonds. The number of halogens is 1. The molecule has 0 N–H and O–H groups in total. The minimum atomic E-state index is -0.224. The van der Waals surface area contributed by atoms with Crippen molar-refractivity contribution in [3.8, 4) is 0 Å². The standard InChI is InChI=1S/C20H24FN3O/c1-14-11-22-23(12-14)13-17-4-2-3-9-24(17)20(25)19-10-18(19)15-5-7-16(21)8-6-15/h5-8,11-12,17-19H,2-4,9-10,13H2,1H3/t17-,18-,19-/m0/s1. The summed E-state index contributed by atoms with van der Waals surface area (Å²) in [7, 11) is 0. The molecular weight excluding hydrogens is 317 g/mol. The second kappa shape index (κ2) is 6.62. The van der Waals surface area contributed by atoms with Crippen LogP contribution in [0.15, 0.2) is 36.7 Å². The largest absolute Gasteiger partial charge is 0.338 e. The number of piperidine rings is 1. The molecule has 0 bridgehead atoms. The summed E-state index contributed by atoms with van der Waals surface area (Å²) in [6, 6.07) is 6.83. The normalized spacial score (nSPS) is 25.8. The number of carbonyl (C=O) groups is 1. The molecule has 3 atom stereocenters. The fraction of sp³-hybridized carbons (Fsp3) is 0.500. The number of carbonyl (C=O) groups excluding carboxylic acids is 1. The highest BCUT2D eigenvalue weighted by atomic mass is 19.1. The minimum Gasteiger partial charge on any atom is -0.338 e. The van der Waals surface area contributed by atoms with E-state index in [1.54, 1.807) is 0 Å². The van der Waals surface area contributed by atoms with Crippen molar-refractivity contribution in [3.63, 3.8) is 0 Å². The van der Waals surface area contributed by atoms with E-state index in [9.17, 15) is 9.18 Å². The lowest BCUT2D eigenvalue weighted by atomic mass is 10.0. The molecule has 132 valence electrons. The van der Waals surface area contributed by atoms with Gasteiger partial charge in [-0.1, -0.05) is 12.1 Å². The fourth-order valence-electron chi connectivity index (χ4n) is 4.02. The molecule has 4 nitrogen and oxygen atoms in total. The summed E-state index contributed by atoms with van der Waals surface area (Å²) in [5, 5.41) is 4.38. The number of aromatic nitrogens is 2. The molecule has 1 aromatic heterocycles. The van der Waals surface area contributed by atoms with Crippen molar-refractivity contribution in [3.05, 3.63) is 53.6 Å². The highest BCUT2D eigenvalue weighted by Gasteiger charge is 2.47. The summed E-state index contributed by atoms with van der Waals surface area (Å²) in [5.74, 6) is 0.355. The van der Waals surface area contributed by atoms with Crippen LogP contribution in [0.4, 0.5) is 4.39 Å². The molecule has 2 heterocycles. The molecule has 5 heteroatoms. The molecule has 1 aromatic carbocycles. The van der Waals surface area contributed by atoms with Gasteiger partial charge in [0.1, 0.15) is 5.82 Å². The first-order valence-corrected chi connectivity index (χ1v) is 9.17. The number of benzene rings is 1. The third-order valence-electron chi connectivity index (χ3n) is 5.48. The van der Waals surface area contributed by atoms with Crippen molar-refractivity contribution in [1.29, 1.82) is 0 Å². The van der Waals surface area contributed by atoms with Gasteiger partial charge in [-0.2, -0.15) is 5.10 Å². The molecule has 2 aliphatic rings. The summed E-state index contributed by atoms with van der Waals surface area (Å²) >= 11 is 0. The molecule has 2 aromatic rings. The molecular formula is C20H24FN3O. The van der Waals surface area contributed by atoms with E-state index >= 15 is 0 Å². The average Bonchev–Trinajstić information content (AvgIpc) is 3.31. The van der Waals surface area contributed by atoms with Gasteiger partial charge in [0.15, 0.2) is 0 Å². The van der Waals surface area contributed by atoms with Crippen LogP contribution in [0.3, 0.4) is 0 Å². The second-order valence-corrected chi connectivity index (χ2v) is 7.42. The quantitative estimate of drug-likeness (QED) is 0.853. The Morgan fingerprint density at radius 1 is 1.28 bits per heavy atom. The van der Waals surface area contributed by atoms with Crippen molar-refractivity contribution < 1.29 is 9.18 Å². The third-order valence-corrected chi connectivity index (χ3v) is 5.48. The Kier molecular flexibility index (Phi) is 4.32. The van der Waals surface area contributed by atoms with E-state index in [4.69, 9.17) is 0 Å². The van der Waals surface area contributed by atoms with Crippen LogP contribution >= 0.6 is 0 Å². The monoisotopic (exact) mass is 341 g/mol. The van der Waals surface area contributed by atoms with Gasteiger partial charge in [-0.25, -0.2) is 4.39 Å². The predicted octanol–water partition coefficient (Wildman–Crippen LogP) is 3.52. The predicted molar refractivity (Wildman–Crippen MR) is 93.6 cm³/mol. The maximum atomic E-state index is 13.1. The number of hydrogen-bond donors (Lipinski definition) is 0. The lowest BCUT2D eigenvalue weighted by Gasteiger charge is -2.36. The summed E-state index contributed by atoms with van der Waals surface area (Å²) < 4.78 is 15.0. The molecule has 4 rings (SSSR count). The van der Waals surface area contributed by atoms with E-state index in [0.29, 0.717) is 0 Å². The van der Waals surface area contributed by atoms with E-state index in [-0.39, 0.29) is 29.6 Å². The van der Waals surface area contributed by atoms with E-state index in [1.807, 2.05) is 36.1 Å². The number of nitrogens with zero attached hydrogens (tertiary/aromatic N) is 3. The Bertz CT molecular complexity index is 755. The van der Waals surface area contributed by atoms with Crippen LogP contribution in [0.5, 0.6) is 0 Å². The van der Waals surface area contributed by atoms with Gasteiger partial charge in [0.25, 0.3) is 0 Å². The van der Waals surface area contributed by atoms with Crippen LogP contribution in [0.1, 0.15) is 42.7 Å². The van der Waals surface area contributed by atoms with Crippen LogP contribution in [-0.2, 0) is 11.3 Å². The van der Waals surface area contributed by atoms with Crippen LogP contribution in [0.2, 0.25) is 0 Å².